The second kappa shape index (κ2) is 5.48. The van der Waals surface area contributed by atoms with Crippen LogP contribution < -0.4 is 5.32 Å². The van der Waals surface area contributed by atoms with Gasteiger partial charge in [0.05, 0.1) is 21.3 Å². The van der Waals surface area contributed by atoms with Gasteiger partial charge in [-0.3, -0.25) is 4.79 Å². The first-order valence-electron chi connectivity index (χ1n) is 4.34. The largest absolute Gasteiger partial charge is 0.394 e. The molecular weight excluding hydrogens is 266 g/mol. The molecule has 0 bridgehead atoms. The van der Waals surface area contributed by atoms with E-state index in [2.05, 4.69) is 21.2 Å². The van der Waals surface area contributed by atoms with Crippen molar-refractivity contribution in [1.29, 1.82) is 0 Å². The maximum Gasteiger partial charge on any atom is 0.261 e. The Morgan fingerprint density at radius 1 is 1.71 bits per heavy atom. The Morgan fingerprint density at radius 2 is 2.43 bits per heavy atom. The van der Waals surface area contributed by atoms with Crippen LogP contribution in [0.5, 0.6) is 0 Å². The second-order valence-electron chi connectivity index (χ2n) is 2.86. The number of carbonyl (C=O) groups is 1. The van der Waals surface area contributed by atoms with Crippen LogP contribution in [-0.4, -0.2) is 23.7 Å². The minimum atomic E-state index is -0.150. The first-order chi connectivity index (χ1) is 6.67. The van der Waals surface area contributed by atoms with Gasteiger partial charge in [0.25, 0.3) is 5.91 Å². The van der Waals surface area contributed by atoms with E-state index in [0.717, 1.165) is 10.2 Å². The highest BCUT2D eigenvalue weighted by Crippen LogP contribution is 2.21. The van der Waals surface area contributed by atoms with Crippen LogP contribution in [-0.2, 0) is 0 Å². The maximum atomic E-state index is 11.6. The van der Waals surface area contributed by atoms with Gasteiger partial charge in [0.1, 0.15) is 0 Å². The van der Waals surface area contributed by atoms with Crippen molar-refractivity contribution < 1.29 is 9.90 Å². The lowest BCUT2D eigenvalue weighted by atomic mass is 10.2. The maximum absolute atomic E-state index is 11.6. The van der Waals surface area contributed by atoms with Crippen molar-refractivity contribution in [2.45, 2.75) is 19.4 Å². The van der Waals surface area contributed by atoms with E-state index >= 15 is 0 Å². The fourth-order valence-electron chi connectivity index (χ4n) is 0.970. The summed E-state index contributed by atoms with van der Waals surface area (Å²) >= 11 is 4.67. The van der Waals surface area contributed by atoms with Crippen LogP contribution in [0.15, 0.2) is 15.9 Å². The SMILES string of the molecule is CC[C@H](CO)NC(=O)c1ccc(Br)s1. The topological polar surface area (TPSA) is 49.3 Å². The molecule has 14 heavy (non-hydrogen) atoms. The van der Waals surface area contributed by atoms with Gasteiger partial charge in [0, 0.05) is 0 Å². The molecule has 0 aliphatic carbocycles. The molecule has 0 aliphatic rings. The number of halogens is 1. The third-order valence-electron chi connectivity index (χ3n) is 1.85. The van der Waals surface area contributed by atoms with Gasteiger partial charge < -0.3 is 10.4 Å². The lowest BCUT2D eigenvalue weighted by Gasteiger charge is -2.12. The van der Waals surface area contributed by atoms with Gasteiger partial charge in [-0.15, -0.1) is 11.3 Å². The van der Waals surface area contributed by atoms with Crippen LogP contribution in [0.2, 0.25) is 0 Å². The Hall–Kier alpha value is -0.390. The Bertz CT molecular complexity index is 310. The van der Waals surface area contributed by atoms with Crippen LogP contribution in [0, 0.1) is 0 Å². The second-order valence-corrected chi connectivity index (χ2v) is 5.33. The number of amides is 1. The van der Waals surface area contributed by atoms with Gasteiger partial charge in [-0.05, 0) is 34.5 Å². The Kier molecular flexibility index (Phi) is 4.57. The Morgan fingerprint density at radius 3 is 2.86 bits per heavy atom. The predicted molar refractivity (Wildman–Crippen MR) is 60.7 cm³/mol. The molecule has 78 valence electrons. The highest BCUT2D eigenvalue weighted by Gasteiger charge is 2.12. The molecule has 1 amide bonds. The molecule has 0 saturated carbocycles. The number of aliphatic hydroxyl groups excluding tert-OH is 1. The minimum Gasteiger partial charge on any atom is -0.394 e. The van der Waals surface area contributed by atoms with Gasteiger partial charge in [-0.1, -0.05) is 6.92 Å². The van der Waals surface area contributed by atoms with Crippen LogP contribution >= 0.6 is 27.3 Å². The zero-order chi connectivity index (χ0) is 10.6. The fraction of sp³-hybridized carbons (Fsp3) is 0.444. The normalized spacial score (nSPS) is 12.5. The van der Waals surface area contributed by atoms with Crippen LogP contribution in [0.3, 0.4) is 0 Å². The quantitative estimate of drug-likeness (QED) is 0.885. The Balaban J connectivity index is 2.58. The Labute approximate surface area is 95.3 Å². The van der Waals surface area contributed by atoms with Gasteiger partial charge in [0.2, 0.25) is 0 Å². The third-order valence-corrected chi connectivity index (χ3v) is 3.47. The zero-order valence-corrected chi connectivity index (χ0v) is 10.2. The number of carbonyl (C=O) groups excluding carboxylic acids is 1. The molecule has 1 aromatic heterocycles. The monoisotopic (exact) mass is 277 g/mol. The minimum absolute atomic E-state index is 0.0191. The summed E-state index contributed by atoms with van der Waals surface area (Å²) in [5.41, 5.74) is 0. The number of hydrogen-bond donors (Lipinski definition) is 2. The van der Waals surface area contributed by atoms with E-state index in [4.69, 9.17) is 5.11 Å². The molecule has 1 atom stereocenters. The summed E-state index contributed by atoms with van der Waals surface area (Å²) in [5, 5.41) is 11.7. The van der Waals surface area contributed by atoms with E-state index < -0.39 is 0 Å². The molecule has 3 nitrogen and oxygen atoms in total. The standard InChI is InChI=1S/C9H12BrNO2S/c1-2-6(5-12)11-9(13)7-3-4-8(10)14-7/h3-4,6,12H,2,5H2,1H3,(H,11,13)/t6-/m1/s1. The molecule has 0 unspecified atom stereocenters. The smallest absolute Gasteiger partial charge is 0.261 e. The van der Waals surface area contributed by atoms with Crippen molar-refractivity contribution in [2.24, 2.45) is 0 Å². The van der Waals surface area contributed by atoms with E-state index in [1.807, 2.05) is 13.0 Å². The van der Waals surface area contributed by atoms with E-state index in [9.17, 15) is 4.79 Å². The molecule has 0 aliphatic heterocycles. The van der Waals surface area contributed by atoms with Crippen LogP contribution in [0.25, 0.3) is 0 Å². The van der Waals surface area contributed by atoms with Crippen LogP contribution in [0.1, 0.15) is 23.0 Å². The summed E-state index contributed by atoms with van der Waals surface area (Å²) < 4.78 is 0.930. The fourth-order valence-corrected chi connectivity index (χ4v) is 2.26. The molecule has 1 rings (SSSR count). The molecule has 5 heteroatoms. The lowest BCUT2D eigenvalue weighted by Crippen LogP contribution is -2.36. The molecular formula is C9H12BrNO2S. The van der Waals surface area contributed by atoms with Crippen LogP contribution in [0.4, 0.5) is 0 Å². The molecule has 0 spiro atoms. The molecule has 0 aromatic carbocycles. The molecule has 0 saturated heterocycles. The number of nitrogens with one attached hydrogen (secondary N) is 1. The summed E-state index contributed by atoms with van der Waals surface area (Å²) in [7, 11) is 0. The zero-order valence-electron chi connectivity index (χ0n) is 7.79. The van der Waals surface area contributed by atoms with Crippen molar-refractivity contribution in [2.75, 3.05) is 6.61 Å². The molecule has 1 aromatic rings. The van der Waals surface area contributed by atoms with Crippen molar-refractivity contribution in [1.82, 2.24) is 5.32 Å². The van der Waals surface area contributed by atoms with Gasteiger partial charge in [-0.2, -0.15) is 0 Å². The number of thiophene rings is 1. The summed E-state index contributed by atoms with van der Waals surface area (Å²) in [6.45, 7) is 1.90. The van der Waals surface area contributed by atoms with E-state index in [0.29, 0.717) is 4.88 Å². The average Bonchev–Trinajstić information content (AvgIpc) is 2.61. The summed E-state index contributed by atoms with van der Waals surface area (Å²) in [5.74, 6) is -0.124. The number of rotatable bonds is 4. The van der Waals surface area contributed by atoms with E-state index in [1.165, 1.54) is 11.3 Å². The summed E-state index contributed by atoms with van der Waals surface area (Å²) in [6, 6.07) is 3.44. The number of hydrogen-bond acceptors (Lipinski definition) is 3. The first-order valence-corrected chi connectivity index (χ1v) is 5.95. The van der Waals surface area contributed by atoms with Gasteiger partial charge in [0.15, 0.2) is 0 Å². The highest BCUT2D eigenvalue weighted by atomic mass is 79.9. The third kappa shape index (κ3) is 3.08. The summed E-state index contributed by atoms with van der Waals surface area (Å²) in [6.07, 6.45) is 0.731. The average molecular weight is 278 g/mol. The van der Waals surface area contributed by atoms with Gasteiger partial charge in [-0.25, -0.2) is 0 Å². The first kappa shape index (κ1) is 11.7. The van der Waals surface area contributed by atoms with Crippen molar-refractivity contribution in [3.8, 4) is 0 Å². The highest BCUT2D eigenvalue weighted by molar-refractivity contribution is 9.11. The van der Waals surface area contributed by atoms with E-state index in [1.54, 1.807) is 6.07 Å². The number of aliphatic hydroxyl groups is 1. The van der Waals surface area contributed by atoms with Crippen molar-refractivity contribution >= 4 is 33.2 Å². The molecule has 1 heterocycles. The molecule has 2 N–H and O–H groups in total. The summed E-state index contributed by atoms with van der Waals surface area (Å²) in [4.78, 5) is 12.2. The van der Waals surface area contributed by atoms with Crippen molar-refractivity contribution in [3.05, 3.63) is 20.8 Å². The molecule has 0 fully saturated rings. The van der Waals surface area contributed by atoms with E-state index in [-0.39, 0.29) is 18.6 Å². The van der Waals surface area contributed by atoms with Crippen molar-refractivity contribution in [3.63, 3.8) is 0 Å². The lowest BCUT2D eigenvalue weighted by molar-refractivity contribution is 0.0919. The molecule has 0 radical (unpaired) electrons. The predicted octanol–water partition coefficient (Wildman–Crippen LogP) is 2.01. The van der Waals surface area contributed by atoms with Gasteiger partial charge >= 0.3 is 0 Å².